The minimum Gasteiger partial charge on any atom is -0.314 e. The number of fused-ring (bicyclic) bond motifs is 1. The van der Waals surface area contributed by atoms with Crippen molar-refractivity contribution in [1.82, 2.24) is 0 Å². The number of nitrogens with zero attached hydrogens (tertiary/aromatic N) is 1. The third-order valence-electron chi connectivity index (χ3n) is 3.28. The highest BCUT2D eigenvalue weighted by atomic mass is 19.1. The third-order valence-corrected chi connectivity index (χ3v) is 3.28. The Morgan fingerprint density at radius 3 is 2.72 bits per heavy atom. The molecule has 18 heavy (non-hydrogen) atoms. The molecule has 2 aromatic carbocycles. The molecule has 1 aliphatic heterocycles. The first-order valence-electron chi connectivity index (χ1n) is 6.06. The second kappa shape index (κ2) is 4.30. The fourth-order valence-electron chi connectivity index (χ4n) is 2.39. The molecule has 0 unspecified atom stereocenters. The van der Waals surface area contributed by atoms with Gasteiger partial charge < -0.3 is 4.90 Å². The van der Waals surface area contributed by atoms with E-state index in [0.29, 0.717) is 5.69 Å². The Bertz CT molecular complexity index is 616. The number of hydrogen-bond acceptors (Lipinski definition) is 1. The van der Waals surface area contributed by atoms with Gasteiger partial charge in [-0.15, -0.1) is 0 Å². The molecular weight excluding hydrogens is 225 g/mol. The number of allylic oxidation sites excluding steroid dienone is 1. The van der Waals surface area contributed by atoms with E-state index in [1.807, 2.05) is 48.4 Å². The van der Waals surface area contributed by atoms with Gasteiger partial charge in [0.05, 0.1) is 5.69 Å². The molecule has 0 atom stereocenters. The molecule has 0 saturated heterocycles. The minimum absolute atomic E-state index is 0.167. The van der Waals surface area contributed by atoms with Crippen molar-refractivity contribution >= 4 is 11.4 Å². The smallest absolute Gasteiger partial charge is 0.147 e. The van der Waals surface area contributed by atoms with Crippen LogP contribution in [0.1, 0.15) is 11.1 Å². The number of hydrogen-bond donors (Lipinski definition) is 0. The molecule has 90 valence electrons. The van der Waals surface area contributed by atoms with E-state index in [1.54, 1.807) is 6.07 Å². The van der Waals surface area contributed by atoms with Gasteiger partial charge in [0.25, 0.3) is 0 Å². The summed E-state index contributed by atoms with van der Waals surface area (Å²) in [6, 6.07) is 13.3. The van der Waals surface area contributed by atoms with Crippen LogP contribution in [-0.4, -0.2) is 0 Å². The lowest BCUT2D eigenvalue weighted by Crippen LogP contribution is -2.16. The third kappa shape index (κ3) is 1.70. The average Bonchev–Trinajstić information content (AvgIpc) is 2.39. The molecule has 0 bridgehead atoms. The number of anilines is 2. The Balaban J connectivity index is 2.18. The van der Waals surface area contributed by atoms with Crippen molar-refractivity contribution in [3.05, 3.63) is 71.7 Å². The SMILES string of the molecule is Cc1ccccc1N1C=CCc2cccc(F)c21. The maximum absolute atomic E-state index is 14.1. The predicted molar refractivity (Wildman–Crippen MR) is 72.6 cm³/mol. The lowest BCUT2D eigenvalue weighted by Gasteiger charge is -2.28. The van der Waals surface area contributed by atoms with Gasteiger partial charge in [-0.1, -0.05) is 36.4 Å². The minimum atomic E-state index is -0.167. The Morgan fingerprint density at radius 1 is 1.06 bits per heavy atom. The van der Waals surface area contributed by atoms with Crippen molar-refractivity contribution in [2.45, 2.75) is 13.3 Å². The van der Waals surface area contributed by atoms with Crippen molar-refractivity contribution in [3.8, 4) is 0 Å². The van der Waals surface area contributed by atoms with Crippen molar-refractivity contribution < 1.29 is 4.39 Å². The van der Waals surface area contributed by atoms with E-state index in [1.165, 1.54) is 6.07 Å². The zero-order valence-electron chi connectivity index (χ0n) is 10.2. The second-order valence-electron chi connectivity index (χ2n) is 4.49. The Labute approximate surface area is 106 Å². The topological polar surface area (TPSA) is 3.24 Å². The van der Waals surface area contributed by atoms with E-state index in [-0.39, 0.29) is 5.82 Å². The van der Waals surface area contributed by atoms with Crippen LogP contribution in [0.5, 0.6) is 0 Å². The molecule has 0 N–H and O–H groups in total. The monoisotopic (exact) mass is 239 g/mol. The Hall–Kier alpha value is -2.09. The molecule has 1 aliphatic rings. The summed E-state index contributed by atoms with van der Waals surface area (Å²) in [6.45, 7) is 2.04. The fraction of sp³-hybridized carbons (Fsp3) is 0.125. The van der Waals surface area contributed by atoms with Crippen LogP contribution in [0, 0.1) is 12.7 Å². The van der Waals surface area contributed by atoms with Gasteiger partial charge in [0.1, 0.15) is 5.82 Å². The van der Waals surface area contributed by atoms with E-state index in [9.17, 15) is 4.39 Å². The van der Waals surface area contributed by atoms with Crippen molar-refractivity contribution in [2.24, 2.45) is 0 Å². The zero-order valence-corrected chi connectivity index (χ0v) is 10.2. The highest BCUT2D eigenvalue weighted by molar-refractivity contribution is 5.73. The number of rotatable bonds is 1. The molecule has 0 fully saturated rings. The van der Waals surface area contributed by atoms with Crippen molar-refractivity contribution in [2.75, 3.05) is 4.90 Å². The van der Waals surface area contributed by atoms with Crippen LogP contribution in [0.3, 0.4) is 0 Å². The van der Waals surface area contributed by atoms with Crippen LogP contribution in [0.4, 0.5) is 15.8 Å². The molecule has 1 heterocycles. The van der Waals surface area contributed by atoms with Gasteiger partial charge in [-0.25, -0.2) is 4.39 Å². The first kappa shape index (κ1) is 11.0. The maximum Gasteiger partial charge on any atom is 0.147 e. The summed E-state index contributed by atoms with van der Waals surface area (Å²) >= 11 is 0. The van der Waals surface area contributed by atoms with Crippen LogP contribution < -0.4 is 4.90 Å². The first-order valence-corrected chi connectivity index (χ1v) is 6.06. The van der Waals surface area contributed by atoms with Gasteiger partial charge in [0.2, 0.25) is 0 Å². The molecule has 3 rings (SSSR count). The standard InChI is InChI=1S/C16H14FN/c1-12-6-2-3-10-15(12)18-11-5-8-13-7-4-9-14(17)16(13)18/h2-7,9-11H,8H2,1H3. The van der Waals surface area contributed by atoms with E-state index >= 15 is 0 Å². The predicted octanol–water partition coefficient (Wildman–Crippen LogP) is 4.34. The van der Waals surface area contributed by atoms with E-state index < -0.39 is 0 Å². The number of aryl methyl sites for hydroxylation is 1. The fourth-order valence-corrected chi connectivity index (χ4v) is 2.39. The Kier molecular flexibility index (Phi) is 2.63. The molecular formula is C16H14FN. The molecule has 0 aromatic heterocycles. The molecule has 0 radical (unpaired) electrons. The van der Waals surface area contributed by atoms with Crippen LogP contribution in [0.25, 0.3) is 0 Å². The molecule has 2 aromatic rings. The van der Waals surface area contributed by atoms with Gasteiger partial charge >= 0.3 is 0 Å². The summed E-state index contributed by atoms with van der Waals surface area (Å²) in [5, 5.41) is 0. The van der Waals surface area contributed by atoms with Crippen molar-refractivity contribution in [3.63, 3.8) is 0 Å². The summed E-state index contributed by atoms with van der Waals surface area (Å²) in [7, 11) is 0. The molecule has 0 amide bonds. The van der Waals surface area contributed by atoms with Gasteiger partial charge in [0, 0.05) is 11.9 Å². The molecule has 0 saturated carbocycles. The van der Waals surface area contributed by atoms with Crippen molar-refractivity contribution in [1.29, 1.82) is 0 Å². The lowest BCUT2D eigenvalue weighted by atomic mass is 10.0. The highest BCUT2D eigenvalue weighted by Crippen LogP contribution is 2.36. The normalized spacial score (nSPS) is 13.6. The number of halogens is 1. The average molecular weight is 239 g/mol. The van der Waals surface area contributed by atoms with Gasteiger partial charge in [-0.3, -0.25) is 0 Å². The van der Waals surface area contributed by atoms with Crippen LogP contribution in [0.2, 0.25) is 0 Å². The second-order valence-corrected chi connectivity index (χ2v) is 4.49. The van der Waals surface area contributed by atoms with Crippen LogP contribution in [0.15, 0.2) is 54.7 Å². The first-order chi connectivity index (χ1) is 8.77. The lowest BCUT2D eigenvalue weighted by molar-refractivity contribution is 0.626. The summed E-state index contributed by atoms with van der Waals surface area (Å²) in [4.78, 5) is 1.93. The molecule has 0 aliphatic carbocycles. The van der Waals surface area contributed by atoms with E-state index in [0.717, 1.165) is 23.2 Å². The van der Waals surface area contributed by atoms with Gasteiger partial charge in [-0.05, 0) is 36.6 Å². The highest BCUT2D eigenvalue weighted by Gasteiger charge is 2.19. The van der Waals surface area contributed by atoms with E-state index in [2.05, 4.69) is 6.08 Å². The molecule has 0 spiro atoms. The Morgan fingerprint density at radius 2 is 1.89 bits per heavy atom. The number of benzene rings is 2. The molecule has 1 nitrogen and oxygen atoms in total. The van der Waals surface area contributed by atoms with Crippen LogP contribution >= 0.6 is 0 Å². The van der Waals surface area contributed by atoms with Gasteiger partial charge in [0.15, 0.2) is 0 Å². The largest absolute Gasteiger partial charge is 0.314 e. The van der Waals surface area contributed by atoms with E-state index in [4.69, 9.17) is 0 Å². The summed E-state index contributed by atoms with van der Waals surface area (Å²) in [5.74, 6) is -0.167. The summed E-state index contributed by atoms with van der Waals surface area (Å²) in [5.41, 5.74) is 3.87. The zero-order chi connectivity index (χ0) is 12.5. The summed E-state index contributed by atoms with van der Waals surface area (Å²) < 4.78 is 14.1. The summed E-state index contributed by atoms with van der Waals surface area (Å²) in [6.07, 6.45) is 4.80. The quantitative estimate of drug-likeness (QED) is 0.715. The number of para-hydroxylation sites is 2. The van der Waals surface area contributed by atoms with Crippen LogP contribution in [-0.2, 0) is 6.42 Å². The van der Waals surface area contributed by atoms with Gasteiger partial charge in [-0.2, -0.15) is 0 Å². The maximum atomic E-state index is 14.1. The molecule has 2 heteroatoms.